The second kappa shape index (κ2) is 19.7. The molecular weight excluding hydrogens is 528 g/mol. The predicted molar refractivity (Wildman–Crippen MR) is 156 cm³/mol. The maximum Gasteiger partial charge on any atom is 0.328 e. The summed E-state index contributed by atoms with van der Waals surface area (Å²) in [5, 5.41) is 34.8. The summed E-state index contributed by atoms with van der Waals surface area (Å²) in [6.07, 6.45) is 6.05. The Balaban J connectivity index is 0.000000433. The van der Waals surface area contributed by atoms with E-state index in [1.807, 2.05) is 0 Å². The molecule has 222 valence electrons. The first-order valence-electron chi connectivity index (χ1n) is 13.4. The normalized spacial score (nSPS) is 13.4. The third kappa shape index (κ3) is 16.4. The highest BCUT2D eigenvalue weighted by atomic mass is 16.4. The third-order valence-corrected chi connectivity index (χ3v) is 6.03. The average molecular weight is 569 g/mol. The van der Waals surface area contributed by atoms with E-state index in [0.717, 1.165) is 25.6 Å². The molecule has 0 bridgehead atoms. The minimum Gasteiger partial charge on any atom is -0.478 e. The van der Waals surface area contributed by atoms with Gasteiger partial charge in [0.2, 0.25) is 0 Å². The molecule has 1 aliphatic rings. The van der Waals surface area contributed by atoms with E-state index in [4.69, 9.17) is 20.4 Å². The van der Waals surface area contributed by atoms with E-state index >= 15 is 0 Å². The second-order valence-electron chi connectivity index (χ2n) is 9.68. The maximum atomic E-state index is 9.55. The highest BCUT2D eigenvalue weighted by Gasteiger charge is 2.22. The molecule has 41 heavy (non-hydrogen) atoms. The highest BCUT2D eigenvalue weighted by molar-refractivity contribution is 5.90. The zero-order valence-electron chi connectivity index (χ0n) is 23.5. The van der Waals surface area contributed by atoms with E-state index < -0.39 is 23.9 Å². The first kappa shape index (κ1) is 34.7. The lowest BCUT2D eigenvalue weighted by molar-refractivity contribution is -0.134. The largest absolute Gasteiger partial charge is 0.478 e. The first-order chi connectivity index (χ1) is 19.5. The Bertz CT molecular complexity index is 1090. The molecule has 1 heterocycles. The van der Waals surface area contributed by atoms with E-state index in [-0.39, 0.29) is 0 Å². The van der Waals surface area contributed by atoms with Crippen LogP contribution in [0, 0.1) is 5.92 Å². The van der Waals surface area contributed by atoms with Crippen molar-refractivity contribution in [1.29, 1.82) is 0 Å². The van der Waals surface area contributed by atoms with Crippen LogP contribution in [0.5, 0.6) is 0 Å². The zero-order chi connectivity index (χ0) is 30.6. The number of nitrogens with zero attached hydrogens (tertiary/aromatic N) is 1. The van der Waals surface area contributed by atoms with E-state index in [1.165, 1.54) is 42.5 Å². The van der Waals surface area contributed by atoms with E-state index in [9.17, 15) is 19.2 Å². The number of benzene rings is 2. The van der Waals surface area contributed by atoms with Crippen molar-refractivity contribution < 1.29 is 39.6 Å². The van der Waals surface area contributed by atoms with Gasteiger partial charge in [0.25, 0.3) is 0 Å². The van der Waals surface area contributed by atoms with Crippen LogP contribution in [-0.4, -0.2) is 74.9 Å². The van der Waals surface area contributed by atoms with Crippen LogP contribution in [0.4, 0.5) is 0 Å². The number of rotatable bonds is 11. The molecule has 0 radical (unpaired) electrons. The van der Waals surface area contributed by atoms with Crippen molar-refractivity contribution in [3.05, 3.63) is 84.5 Å². The van der Waals surface area contributed by atoms with Crippen molar-refractivity contribution >= 4 is 23.9 Å². The number of aliphatic carboxylic acids is 4. The molecule has 1 aliphatic heterocycles. The molecule has 10 heteroatoms. The fourth-order valence-corrected chi connectivity index (χ4v) is 4.05. The van der Waals surface area contributed by atoms with Gasteiger partial charge in [-0.2, -0.15) is 0 Å². The van der Waals surface area contributed by atoms with Gasteiger partial charge in [0, 0.05) is 36.9 Å². The van der Waals surface area contributed by atoms with Gasteiger partial charge in [-0.15, -0.1) is 0 Å². The standard InChI is InChI=1S/C23H32N2.2C4H4O4/c1-19(2)14-17-25(22-12-15-24-16-13-22)18-21-10-6-7-11-23(21)20-8-4-3-5-9-20;2*5-3(6)1-2-4(7)8/h3-11,19,22,24H,12-18H2,1-2H3;2*1-2H,(H,5,6)(H,7,8). The van der Waals surface area contributed by atoms with E-state index in [1.54, 1.807) is 0 Å². The Labute approximate surface area is 240 Å². The van der Waals surface area contributed by atoms with Crippen molar-refractivity contribution in [2.45, 2.75) is 45.7 Å². The van der Waals surface area contributed by atoms with Gasteiger partial charge in [-0.1, -0.05) is 68.4 Å². The van der Waals surface area contributed by atoms with Gasteiger partial charge in [0.15, 0.2) is 0 Å². The summed E-state index contributed by atoms with van der Waals surface area (Å²) in [5.41, 5.74) is 4.16. The molecule has 0 aromatic heterocycles. The van der Waals surface area contributed by atoms with Crippen molar-refractivity contribution in [2.75, 3.05) is 19.6 Å². The number of nitrogens with one attached hydrogen (secondary N) is 1. The fraction of sp³-hybridized carbons (Fsp3) is 0.355. The molecule has 0 unspecified atom stereocenters. The van der Waals surface area contributed by atoms with Gasteiger partial charge < -0.3 is 25.7 Å². The molecule has 0 amide bonds. The Hall–Kier alpha value is -4.28. The van der Waals surface area contributed by atoms with Crippen LogP contribution in [0.25, 0.3) is 11.1 Å². The van der Waals surface area contributed by atoms with Crippen LogP contribution >= 0.6 is 0 Å². The van der Waals surface area contributed by atoms with Crippen LogP contribution in [0.2, 0.25) is 0 Å². The summed E-state index contributed by atoms with van der Waals surface area (Å²) in [7, 11) is 0. The lowest BCUT2D eigenvalue weighted by Crippen LogP contribution is -2.43. The van der Waals surface area contributed by atoms with Crippen molar-refractivity contribution in [2.24, 2.45) is 5.92 Å². The van der Waals surface area contributed by atoms with Crippen LogP contribution < -0.4 is 5.32 Å². The fourth-order valence-electron chi connectivity index (χ4n) is 4.05. The van der Waals surface area contributed by atoms with Gasteiger partial charge in [-0.25, -0.2) is 19.2 Å². The zero-order valence-corrected chi connectivity index (χ0v) is 23.5. The first-order valence-corrected chi connectivity index (χ1v) is 13.4. The molecule has 1 fully saturated rings. The number of piperidine rings is 1. The molecule has 10 nitrogen and oxygen atoms in total. The van der Waals surface area contributed by atoms with Crippen molar-refractivity contribution in [3.63, 3.8) is 0 Å². The smallest absolute Gasteiger partial charge is 0.328 e. The van der Waals surface area contributed by atoms with Gasteiger partial charge in [0.1, 0.15) is 0 Å². The number of hydrogen-bond donors (Lipinski definition) is 5. The van der Waals surface area contributed by atoms with Crippen LogP contribution in [0.3, 0.4) is 0 Å². The number of carbonyl (C=O) groups is 4. The molecular formula is C31H40N2O8. The molecule has 0 spiro atoms. The second-order valence-corrected chi connectivity index (χ2v) is 9.68. The Kier molecular flexibility index (Phi) is 16.7. The molecule has 2 aromatic carbocycles. The molecule has 0 saturated carbocycles. The predicted octanol–water partition coefficient (Wildman–Crippen LogP) is 4.38. The number of carboxylic acid groups (broad SMARTS) is 4. The van der Waals surface area contributed by atoms with E-state index in [2.05, 4.69) is 78.7 Å². The van der Waals surface area contributed by atoms with Gasteiger partial charge in [-0.05, 0) is 61.5 Å². The SMILES string of the molecule is CC(C)CCN(Cc1ccccc1-c1ccccc1)C1CCNCC1.O=C(O)C=CC(=O)O.O=C(O)C=CC(=O)O. The number of hydrogen-bond acceptors (Lipinski definition) is 6. The molecule has 0 atom stereocenters. The minimum atomic E-state index is -1.26. The lowest BCUT2D eigenvalue weighted by atomic mass is 9.97. The van der Waals surface area contributed by atoms with Crippen LogP contribution in [0.1, 0.15) is 38.7 Å². The summed E-state index contributed by atoms with van der Waals surface area (Å²) < 4.78 is 0. The average Bonchev–Trinajstić information content (AvgIpc) is 2.95. The Morgan fingerprint density at radius 1 is 0.780 bits per heavy atom. The van der Waals surface area contributed by atoms with Crippen LogP contribution in [0.15, 0.2) is 78.9 Å². The summed E-state index contributed by atoms with van der Waals surface area (Å²) in [5.74, 6) is -4.27. The molecule has 3 rings (SSSR count). The molecule has 1 saturated heterocycles. The maximum absolute atomic E-state index is 9.55. The Morgan fingerprint density at radius 2 is 1.24 bits per heavy atom. The van der Waals surface area contributed by atoms with Gasteiger partial charge in [0.05, 0.1) is 0 Å². The minimum absolute atomic E-state index is 0.558. The van der Waals surface area contributed by atoms with E-state index in [0.29, 0.717) is 30.3 Å². The van der Waals surface area contributed by atoms with Gasteiger partial charge in [-0.3, -0.25) is 4.90 Å². The molecule has 2 aromatic rings. The number of carboxylic acids is 4. The van der Waals surface area contributed by atoms with Crippen molar-refractivity contribution in [3.8, 4) is 11.1 Å². The van der Waals surface area contributed by atoms with Crippen molar-refractivity contribution in [1.82, 2.24) is 10.2 Å². The Morgan fingerprint density at radius 3 is 1.71 bits per heavy atom. The summed E-state index contributed by atoms with van der Waals surface area (Å²) in [4.78, 5) is 41.0. The van der Waals surface area contributed by atoms with Crippen LogP contribution in [-0.2, 0) is 25.7 Å². The quantitative estimate of drug-likeness (QED) is 0.246. The monoisotopic (exact) mass is 568 g/mol. The highest BCUT2D eigenvalue weighted by Crippen LogP contribution is 2.26. The lowest BCUT2D eigenvalue weighted by Gasteiger charge is -2.35. The molecule has 5 N–H and O–H groups in total. The summed E-state index contributed by atoms with van der Waals surface area (Å²) >= 11 is 0. The topological polar surface area (TPSA) is 164 Å². The van der Waals surface area contributed by atoms with Gasteiger partial charge >= 0.3 is 23.9 Å². The summed E-state index contributed by atoms with van der Waals surface area (Å²) in [6.45, 7) is 9.23. The molecule has 0 aliphatic carbocycles. The summed E-state index contributed by atoms with van der Waals surface area (Å²) in [6, 6.07) is 20.5. The third-order valence-electron chi connectivity index (χ3n) is 6.03.